The topological polar surface area (TPSA) is 108 Å². The summed E-state index contributed by atoms with van der Waals surface area (Å²) in [6.45, 7) is 9.56. The van der Waals surface area contributed by atoms with Crippen molar-refractivity contribution < 1.29 is 29.3 Å². The van der Waals surface area contributed by atoms with Crippen LogP contribution in [0, 0.1) is 11.8 Å². The second-order valence-electron chi connectivity index (χ2n) is 12.5. The lowest BCUT2D eigenvalue weighted by Crippen LogP contribution is -2.49. The van der Waals surface area contributed by atoms with E-state index < -0.39 is 30.0 Å². The van der Waals surface area contributed by atoms with Crippen LogP contribution in [-0.4, -0.2) is 61.5 Å². The molecule has 0 radical (unpaired) electrons. The lowest BCUT2D eigenvalue weighted by atomic mass is 9.68. The third-order valence-electron chi connectivity index (χ3n) is 9.74. The number of hydrogen-bond donors (Lipinski definition) is 3. The lowest BCUT2D eigenvalue weighted by Gasteiger charge is -2.45. The van der Waals surface area contributed by atoms with Crippen LogP contribution in [0.5, 0.6) is 5.75 Å². The maximum absolute atomic E-state index is 13.0. The zero-order valence-electron chi connectivity index (χ0n) is 25.4. The Labute approximate surface area is 264 Å². The highest BCUT2D eigenvalue weighted by Crippen LogP contribution is 2.47. The van der Waals surface area contributed by atoms with Crippen LogP contribution >= 0.6 is 11.6 Å². The summed E-state index contributed by atoms with van der Waals surface area (Å²) in [6, 6.07) is 11.3. The molecule has 0 saturated heterocycles. The van der Waals surface area contributed by atoms with E-state index in [1.165, 1.54) is 18.2 Å². The van der Waals surface area contributed by atoms with Gasteiger partial charge in [-0.1, -0.05) is 35.9 Å². The summed E-state index contributed by atoms with van der Waals surface area (Å²) in [4.78, 5) is 28.1. The molecule has 0 aromatic heterocycles. The minimum absolute atomic E-state index is 0.1000. The molecule has 8 nitrogen and oxygen atoms in total. The molecule has 5 rings (SSSR count). The molecular formula is C35H43ClN2O6. The Kier molecular flexibility index (Phi) is 9.73. The second kappa shape index (κ2) is 13.3. The summed E-state index contributed by atoms with van der Waals surface area (Å²) in [6.07, 6.45) is 7.54. The van der Waals surface area contributed by atoms with Crippen molar-refractivity contribution in [2.24, 2.45) is 11.8 Å². The van der Waals surface area contributed by atoms with Gasteiger partial charge in [0.15, 0.2) is 5.60 Å². The molecule has 236 valence electrons. The zero-order valence-corrected chi connectivity index (χ0v) is 26.2. The molecule has 2 aromatic rings. The standard InChI is InChI=1S/C35H43ClN2O6/c1-4-6-16-37-32(40)19-35(42,33(41)43-3)25-10-14-31-29(18-25)38(20-24-9-12-27(24)30(39)5-2)21-34(22-44-31)15-7-8-23-17-26(36)11-13-28(23)34/h4-5,10-11,13-14,17-18,24,27,30,39,42H,1-2,6-9,12,15-16,19-22H2,3H3,(H,37,40)/t24-,27+,30-,34-,35-/m0/s1. The Bertz CT molecular complexity index is 1410. The molecule has 1 amide bonds. The minimum Gasteiger partial charge on any atom is -0.490 e. The molecule has 3 N–H and O–H groups in total. The van der Waals surface area contributed by atoms with Gasteiger partial charge < -0.3 is 29.9 Å². The number of carbonyl (C=O) groups is 2. The van der Waals surface area contributed by atoms with Crippen molar-refractivity contribution in [3.8, 4) is 5.75 Å². The molecule has 2 aliphatic carbocycles. The number of nitrogens with zero attached hydrogens (tertiary/aromatic N) is 1. The summed E-state index contributed by atoms with van der Waals surface area (Å²) >= 11 is 6.39. The number of rotatable bonds is 11. The van der Waals surface area contributed by atoms with Crippen LogP contribution in [0.25, 0.3) is 0 Å². The van der Waals surface area contributed by atoms with E-state index in [0.717, 1.165) is 37.8 Å². The van der Waals surface area contributed by atoms with Gasteiger partial charge >= 0.3 is 5.97 Å². The SMILES string of the molecule is C=CCCNC(=O)C[C@@](O)(C(=O)OC)c1ccc2c(c1)N(C[C@@H]1CC[C@H]1[C@@H](O)C=C)C[C@@]1(CCCc3cc(Cl)ccc31)CO2. The van der Waals surface area contributed by atoms with Gasteiger partial charge in [-0.05, 0) is 91.3 Å². The first-order valence-corrected chi connectivity index (χ1v) is 15.8. The molecule has 1 fully saturated rings. The Morgan fingerprint density at radius 2 is 2.09 bits per heavy atom. The van der Waals surface area contributed by atoms with E-state index in [4.69, 9.17) is 21.1 Å². The highest BCUT2D eigenvalue weighted by Gasteiger charge is 2.46. The van der Waals surface area contributed by atoms with Crippen molar-refractivity contribution in [1.29, 1.82) is 0 Å². The summed E-state index contributed by atoms with van der Waals surface area (Å²) < 4.78 is 11.6. The van der Waals surface area contributed by atoms with Gasteiger partial charge in [-0.15, -0.1) is 13.2 Å². The monoisotopic (exact) mass is 622 g/mol. The highest BCUT2D eigenvalue weighted by atomic mass is 35.5. The lowest BCUT2D eigenvalue weighted by molar-refractivity contribution is -0.166. The fraction of sp³-hybridized carbons (Fsp3) is 0.486. The van der Waals surface area contributed by atoms with Gasteiger partial charge in [-0.2, -0.15) is 0 Å². The predicted molar refractivity (Wildman–Crippen MR) is 171 cm³/mol. The van der Waals surface area contributed by atoms with E-state index in [2.05, 4.69) is 35.5 Å². The van der Waals surface area contributed by atoms with Crippen molar-refractivity contribution >= 4 is 29.2 Å². The molecule has 1 heterocycles. The largest absolute Gasteiger partial charge is 0.490 e. The number of benzene rings is 2. The number of nitrogens with one attached hydrogen (secondary N) is 1. The van der Waals surface area contributed by atoms with Gasteiger partial charge in [0, 0.05) is 30.1 Å². The van der Waals surface area contributed by atoms with Crippen LogP contribution in [0.2, 0.25) is 5.02 Å². The van der Waals surface area contributed by atoms with Crippen LogP contribution < -0.4 is 15.0 Å². The van der Waals surface area contributed by atoms with Crippen LogP contribution in [0.15, 0.2) is 61.7 Å². The number of aliphatic hydroxyl groups is 2. The molecule has 0 unspecified atom stereocenters. The quantitative estimate of drug-likeness (QED) is 0.187. The summed E-state index contributed by atoms with van der Waals surface area (Å²) in [5, 5.41) is 25.8. The van der Waals surface area contributed by atoms with Gasteiger partial charge in [0.2, 0.25) is 5.91 Å². The molecule has 0 bridgehead atoms. The maximum atomic E-state index is 13.0. The van der Waals surface area contributed by atoms with Gasteiger partial charge in [0.1, 0.15) is 5.75 Å². The number of aryl methyl sites for hydroxylation is 1. The first-order chi connectivity index (χ1) is 21.1. The van der Waals surface area contributed by atoms with Crippen LogP contribution in [0.3, 0.4) is 0 Å². The third-order valence-corrected chi connectivity index (χ3v) is 9.97. The fourth-order valence-electron chi connectivity index (χ4n) is 7.17. The van der Waals surface area contributed by atoms with E-state index in [1.54, 1.807) is 30.4 Å². The molecule has 1 saturated carbocycles. The number of aliphatic hydroxyl groups excluding tert-OH is 1. The number of carbonyl (C=O) groups excluding carboxylic acids is 2. The number of methoxy groups -OCH3 is 1. The summed E-state index contributed by atoms with van der Waals surface area (Å²) in [5.74, 6) is -0.439. The van der Waals surface area contributed by atoms with Gasteiger partial charge in [0.25, 0.3) is 0 Å². The summed E-state index contributed by atoms with van der Waals surface area (Å²) in [7, 11) is 1.19. The second-order valence-corrected chi connectivity index (χ2v) is 12.9. The Morgan fingerprint density at radius 1 is 1.27 bits per heavy atom. The van der Waals surface area contributed by atoms with Gasteiger partial charge in [-0.25, -0.2) is 4.79 Å². The molecule has 9 heteroatoms. The predicted octanol–water partition coefficient (Wildman–Crippen LogP) is 4.83. The Balaban J connectivity index is 1.55. The van der Waals surface area contributed by atoms with Crippen molar-refractivity contribution in [3.05, 3.63) is 83.4 Å². The number of anilines is 1. The van der Waals surface area contributed by atoms with E-state index in [-0.39, 0.29) is 22.8 Å². The molecule has 1 aliphatic heterocycles. The number of fused-ring (bicyclic) bond motifs is 3. The third kappa shape index (κ3) is 6.25. The first-order valence-electron chi connectivity index (χ1n) is 15.4. The zero-order chi connectivity index (χ0) is 31.5. The molecule has 3 aliphatic rings. The molecule has 5 atom stereocenters. The van der Waals surface area contributed by atoms with Crippen molar-refractivity contribution in [3.63, 3.8) is 0 Å². The average Bonchev–Trinajstić information content (AvgIpc) is 3.15. The highest BCUT2D eigenvalue weighted by molar-refractivity contribution is 6.30. The van der Waals surface area contributed by atoms with Crippen molar-refractivity contribution in [2.45, 2.75) is 62.1 Å². The number of esters is 1. The summed E-state index contributed by atoms with van der Waals surface area (Å²) in [5.41, 5.74) is 0.920. The van der Waals surface area contributed by atoms with Crippen LogP contribution in [0.4, 0.5) is 5.69 Å². The van der Waals surface area contributed by atoms with E-state index in [9.17, 15) is 19.8 Å². The average molecular weight is 623 g/mol. The smallest absolute Gasteiger partial charge is 0.343 e. The van der Waals surface area contributed by atoms with Crippen molar-refractivity contribution in [1.82, 2.24) is 5.32 Å². The first kappa shape index (κ1) is 32.1. The Hall–Kier alpha value is -3.33. The Morgan fingerprint density at radius 3 is 2.80 bits per heavy atom. The van der Waals surface area contributed by atoms with E-state index >= 15 is 0 Å². The molecule has 1 spiro atoms. The number of ether oxygens (including phenoxy) is 2. The maximum Gasteiger partial charge on any atom is 0.343 e. The number of halogens is 1. The fourth-order valence-corrected chi connectivity index (χ4v) is 7.36. The van der Waals surface area contributed by atoms with E-state index in [1.807, 2.05) is 6.07 Å². The normalized spacial score (nSPS) is 24.3. The molecule has 2 aromatic carbocycles. The van der Waals surface area contributed by atoms with Gasteiger partial charge in [-0.3, -0.25) is 4.79 Å². The minimum atomic E-state index is -2.20. The number of hydrogen-bond acceptors (Lipinski definition) is 7. The van der Waals surface area contributed by atoms with E-state index in [0.29, 0.717) is 43.4 Å². The van der Waals surface area contributed by atoms with Crippen molar-refractivity contribution in [2.75, 3.05) is 38.3 Å². The van der Waals surface area contributed by atoms with Gasteiger partial charge in [0.05, 0.1) is 31.9 Å². The molecule has 44 heavy (non-hydrogen) atoms. The van der Waals surface area contributed by atoms with Crippen LogP contribution in [-0.2, 0) is 31.8 Å². The molecular weight excluding hydrogens is 580 g/mol. The number of amides is 1. The van der Waals surface area contributed by atoms with Crippen LogP contribution in [0.1, 0.15) is 55.2 Å².